The predicted molar refractivity (Wildman–Crippen MR) is 140 cm³/mol. The molecule has 0 unspecified atom stereocenters. The van der Waals surface area contributed by atoms with Crippen molar-refractivity contribution in [3.05, 3.63) is 55.8 Å². The molecular formula is C26H29ClN4OS. The fraction of sp³-hybridized carbons (Fsp3) is 0.423. The van der Waals surface area contributed by atoms with Crippen molar-refractivity contribution in [3.63, 3.8) is 0 Å². The number of fused-ring (bicyclic) bond motifs is 5. The first-order chi connectivity index (χ1) is 16.0. The smallest absolute Gasteiger partial charge is 0.269 e. The fourth-order valence-corrected chi connectivity index (χ4v) is 6.42. The van der Waals surface area contributed by atoms with Gasteiger partial charge in [0.15, 0.2) is 0 Å². The molecule has 1 aliphatic rings. The molecule has 7 heteroatoms. The number of rotatable bonds is 6. The van der Waals surface area contributed by atoms with Gasteiger partial charge in [-0.1, -0.05) is 25.4 Å². The lowest BCUT2D eigenvalue weighted by molar-refractivity contribution is 0.700. The average molecular weight is 481 g/mol. The monoisotopic (exact) mass is 480 g/mol. The molecule has 0 fully saturated rings. The van der Waals surface area contributed by atoms with Crippen LogP contribution in [0.25, 0.3) is 26.8 Å². The van der Waals surface area contributed by atoms with Gasteiger partial charge in [0.25, 0.3) is 5.56 Å². The third kappa shape index (κ3) is 3.83. The minimum Gasteiger partial charge on any atom is -0.342 e. The maximum absolute atomic E-state index is 14.1. The summed E-state index contributed by atoms with van der Waals surface area (Å²) in [4.78, 5) is 29.0. The molecule has 1 aliphatic carbocycles. The third-order valence-corrected chi connectivity index (χ3v) is 7.88. The Kier molecular flexibility index (Phi) is 6.14. The van der Waals surface area contributed by atoms with Gasteiger partial charge >= 0.3 is 0 Å². The molecule has 3 aromatic heterocycles. The molecule has 0 saturated heterocycles. The van der Waals surface area contributed by atoms with E-state index in [9.17, 15) is 4.79 Å². The van der Waals surface area contributed by atoms with Gasteiger partial charge in [0.05, 0.1) is 22.3 Å². The van der Waals surface area contributed by atoms with Crippen molar-refractivity contribution in [2.45, 2.75) is 59.3 Å². The summed E-state index contributed by atoms with van der Waals surface area (Å²) in [6.07, 6.45) is 6.50. The van der Waals surface area contributed by atoms with Gasteiger partial charge in [0.1, 0.15) is 4.83 Å². The first-order valence-electron chi connectivity index (χ1n) is 11.9. The zero-order valence-electron chi connectivity index (χ0n) is 19.4. The van der Waals surface area contributed by atoms with Crippen LogP contribution in [0.15, 0.2) is 29.1 Å². The van der Waals surface area contributed by atoms with E-state index in [-0.39, 0.29) is 5.56 Å². The molecule has 0 saturated carbocycles. The molecule has 0 spiro atoms. The lowest BCUT2D eigenvalue weighted by Crippen LogP contribution is -2.34. The van der Waals surface area contributed by atoms with Crippen molar-refractivity contribution < 1.29 is 0 Å². The first kappa shape index (κ1) is 22.4. The number of halogens is 1. The van der Waals surface area contributed by atoms with Crippen LogP contribution in [0.5, 0.6) is 0 Å². The predicted octanol–water partition coefficient (Wildman–Crippen LogP) is 6.46. The van der Waals surface area contributed by atoms with E-state index in [0.717, 1.165) is 65.9 Å². The summed E-state index contributed by atoms with van der Waals surface area (Å²) in [7, 11) is 0. The van der Waals surface area contributed by atoms with Crippen molar-refractivity contribution in [1.82, 2.24) is 14.5 Å². The summed E-state index contributed by atoms with van der Waals surface area (Å²) < 4.78 is 1.75. The van der Waals surface area contributed by atoms with Gasteiger partial charge in [-0.3, -0.25) is 4.79 Å². The molecule has 1 aromatic carbocycles. The SMILES string of the molecule is CCCN(CCC)c1nc2c(c(C)nc3sc4c(c32)CCCC4)c(=O)n1-c1ccc(Cl)cc1. The molecule has 33 heavy (non-hydrogen) atoms. The number of pyridine rings is 1. The Labute approximate surface area is 203 Å². The zero-order chi connectivity index (χ0) is 23.1. The van der Waals surface area contributed by atoms with Gasteiger partial charge < -0.3 is 4.90 Å². The Bertz CT molecular complexity index is 1380. The minimum absolute atomic E-state index is 0.0582. The van der Waals surface area contributed by atoms with E-state index < -0.39 is 0 Å². The highest BCUT2D eigenvalue weighted by molar-refractivity contribution is 7.19. The number of benzene rings is 1. The largest absolute Gasteiger partial charge is 0.342 e. The van der Waals surface area contributed by atoms with Crippen LogP contribution in [0.1, 0.15) is 55.7 Å². The second-order valence-corrected chi connectivity index (χ2v) is 10.3. The van der Waals surface area contributed by atoms with Crippen molar-refractivity contribution in [3.8, 4) is 5.69 Å². The van der Waals surface area contributed by atoms with E-state index in [1.165, 1.54) is 23.3 Å². The lowest BCUT2D eigenvalue weighted by atomic mass is 9.96. The van der Waals surface area contributed by atoms with E-state index in [1.807, 2.05) is 31.2 Å². The van der Waals surface area contributed by atoms with Crippen molar-refractivity contribution >= 4 is 50.0 Å². The molecule has 0 bridgehead atoms. The second-order valence-electron chi connectivity index (χ2n) is 8.83. The molecular weight excluding hydrogens is 452 g/mol. The Morgan fingerprint density at radius 2 is 1.73 bits per heavy atom. The van der Waals surface area contributed by atoms with E-state index >= 15 is 0 Å². The summed E-state index contributed by atoms with van der Waals surface area (Å²) in [5.74, 6) is 0.709. The van der Waals surface area contributed by atoms with Crippen LogP contribution < -0.4 is 10.5 Å². The van der Waals surface area contributed by atoms with E-state index in [0.29, 0.717) is 16.4 Å². The highest BCUT2D eigenvalue weighted by Crippen LogP contribution is 2.39. The highest BCUT2D eigenvalue weighted by atomic mass is 35.5. The van der Waals surface area contributed by atoms with Crippen LogP contribution in [0.2, 0.25) is 5.02 Å². The van der Waals surface area contributed by atoms with E-state index in [1.54, 1.807) is 15.9 Å². The average Bonchev–Trinajstić information content (AvgIpc) is 3.17. The Hall–Kier alpha value is -2.44. The molecule has 0 atom stereocenters. The second kappa shape index (κ2) is 9.07. The molecule has 5 rings (SSSR count). The van der Waals surface area contributed by atoms with Gasteiger partial charge in [0, 0.05) is 28.4 Å². The molecule has 0 N–H and O–H groups in total. The summed E-state index contributed by atoms with van der Waals surface area (Å²) >= 11 is 7.94. The number of anilines is 1. The molecule has 5 nitrogen and oxygen atoms in total. The summed E-state index contributed by atoms with van der Waals surface area (Å²) in [5.41, 5.74) is 3.65. The molecule has 0 radical (unpaired) electrons. The number of nitrogens with zero attached hydrogens (tertiary/aromatic N) is 4. The number of thiophene rings is 1. The molecule has 0 aliphatic heterocycles. The van der Waals surface area contributed by atoms with Crippen LogP contribution in [-0.4, -0.2) is 27.6 Å². The Morgan fingerprint density at radius 1 is 1.03 bits per heavy atom. The number of hydrogen-bond acceptors (Lipinski definition) is 5. The minimum atomic E-state index is -0.0582. The zero-order valence-corrected chi connectivity index (χ0v) is 21.0. The number of aryl methyl sites for hydroxylation is 3. The normalized spacial score (nSPS) is 13.6. The summed E-state index contributed by atoms with van der Waals surface area (Å²) in [6, 6.07) is 7.44. The number of hydrogen-bond donors (Lipinski definition) is 0. The summed E-state index contributed by atoms with van der Waals surface area (Å²) in [6.45, 7) is 7.94. The van der Waals surface area contributed by atoms with Crippen LogP contribution >= 0.6 is 22.9 Å². The molecule has 3 heterocycles. The third-order valence-electron chi connectivity index (χ3n) is 6.44. The van der Waals surface area contributed by atoms with E-state index in [2.05, 4.69) is 18.7 Å². The van der Waals surface area contributed by atoms with Gasteiger partial charge in [-0.25, -0.2) is 14.5 Å². The first-order valence-corrected chi connectivity index (χ1v) is 13.1. The molecule has 4 aromatic rings. The molecule has 0 amide bonds. The Balaban J connectivity index is 1.90. The van der Waals surface area contributed by atoms with Crippen LogP contribution in [0, 0.1) is 6.92 Å². The fourth-order valence-electron chi connectivity index (χ4n) is 4.99. The maximum Gasteiger partial charge on any atom is 0.269 e. The number of aromatic nitrogens is 3. The lowest BCUT2D eigenvalue weighted by Gasteiger charge is -2.26. The van der Waals surface area contributed by atoms with Gasteiger partial charge in [-0.15, -0.1) is 11.3 Å². The van der Waals surface area contributed by atoms with Gasteiger partial charge in [-0.05, 0) is 75.3 Å². The maximum atomic E-state index is 14.1. The Morgan fingerprint density at radius 3 is 2.42 bits per heavy atom. The summed E-state index contributed by atoms with van der Waals surface area (Å²) in [5, 5.41) is 2.37. The van der Waals surface area contributed by atoms with Gasteiger partial charge in [-0.2, -0.15) is 0 Å². The quantitative estimate of drug-likeness (QED) is 0.317. The van der Waals surface area contributed by atoms with Crippen LogP contribution in [0.4, 0.5) is 5.95 Å². The van der Waals surface area contributed by atoms with Crippen molar-refractivity contribution in [2.24, 2.45) is 0 Å². The topological polar surface area (TPSA) is 51.0 Å². The highest BCUT2D eigenvalue weighted by Gasteiger charge is 2.25. The van der Waals surface area contributed by atoms with Crippen molar-refractivity contribution in [2.75, 3.05) is 18.0 Å². The standard InChI is InChI=1S/C26H29ClN4OS/c1-4-14-30(15-5-2)26-29-23-21(25(32)31(26)18-12-10-17(27)11-13-18)16(3)28-24-22(23)19-8-6-7-9-20(19)33-24/h10-13H,4-9,14-15H2,1-3H3. The van der Waals surface area contributed by atoms with Gasteiger partial charge in [0.2, 0.25) is 5.95 Å². The molecule has 172 valence electrons. The van der Waals surface area contributed by atoms with Crippen molar-refractivity contribution in [1.29, 1.82) is 0 Å². The van der Waals surface area contributed by atoms with E-state index in [4.69, 9.17) is 21.6 Å². The van der Waals surface area contributed by atoms with Crippen LogP contribution in [0.3, 0.4) is 0 Å². The van der Waals surface area contributed by atoms with Crippen LogP contribution in [-0.2, 0) is 12.8 Å².